The summed E-state index contributed by atoms with van der Waals surface area (Å²) < 4.78 is 10.6. The number of hydrogen-bond donors (Lipinski definition) is 2. The Morgan fingerprint density at radius 1 is 1.09 bits per heavy atom. The quantitative estimate of drug-likeness (QED) is 0.479. The van der Waals surface area contributed by atoms with Crippen LogP contribution < -0.4 is 19.7 Å². The molecule has 0 aliphatic carbocycles. The third-order valence-corrected chi connectivity index (χ3v) is 5.17. The zero-order valence-electron chi connectivity index (χ0n) is 19.9. The molecule has 3 aromatic rings. The van der Waals surface area contributed by atoms with E-state index in [2.05, 4.69) is 20.3 Å². The van der Waals surface area contributed by atoms with Gasteiger partial charge >= 0.3 is 6.03 Å². The molecule has 1 heterocycles. The number of rotatable bonds is 8. The van der Waals surface area contributed by atoms with Crippen molar-refractivity contribution in [1.29, 1.82) is 0 Å². The van der Waals surface area contributed by atoms with Crippen molar-refractivity contribution < 1.29 is 19.4 Å². The second kappa shape index (κ2) is 10.8. The molecule has 0 atom stereocenters. The van der Waals surface area contributed by atoms with Crippen LogP contribution in [-0.2, 0) is 6.54 Å². The molecule has 0 aliphatic rings. The van der Waals surface area contributed by atoms with Gasteiger partial charge in [0.05, 0.1) is 25.5 Å². The van der Waals surface area contributed by atoms with Crippen LogP contribution in [0.5, 0.6) is 11.5 Å². The Hall–Kier alpha value is -3.98. The van der Waals surface area contributed by atoms with Crippen LogP contribution in [-0.4, -0.2) is 46.6 Å². The van der Waals surface area contributed by atoms with E-state index in [1.54, 1.807) is 65.3 Å². The maximum absolute atomic E-state index is 13.4. The fourth-order valence-electron chi connectivity index (χ4n) is 2.99. The van der Waals surface area contributed by atoms with Gasteiger partial charge in [-0.1, -0.05) is 18.2 Å². The predicted molar refractivity (Wildman–Crippen MR) is 131 cm³/mol. The van der Waals surface area contributed by atoms with Gasteiger partial charge in [-0.15, -0.1) is 0 Å². The lowest BCUT2D eigenvalue weighted by atomic mass is 10.1. The van der Waals surface area contributed by atoms with Gasteiger partial charge in [-0.3, -0.25) is 0 Å². The fourth-order valence-corrected chi connectivity index (χ4v) is 2.99. The van der Waals surface area contributed by atoms with Crippen molar-refractivity contribution in [2.24, 2.45) is 4.99 Å². The summed E-state index contributed by atoms with van der Waals surface area (Å²) in [4.78, 5) is 27.7. The monoisotopic (exact) mass is 463 g/mol. The van der Waals surface area contributed by atoms with E-state index in [9.17, 15) is 9.90 Å². The Labute approximate surface area is 199 Å². The minimum atomic E-state index is -1.12. The first-order chi connectivity index (χ1) is 16.2. The average molecular weight is 464 g/mol. The molecule has 1 aromatic heterocycles. The molecular weight excluding hydrogens is 434 g/mol. The number of para-hydroxylation sites is 1. The van der Waals surface area contributed by atoms with Gasteiger partial charge in [0.1, 0.15) is 17.3 Å². The second-order valence-corrected chi connectivity index (χ2v) is 7.98. The maximum Gasteiger partial charge on any atom is 0.327 e. The Balaban J connectivity index is 1.96. The van der Waals surface area contributed by atoms with Crippen LogP contribution in [0.3, 0.4) is 0 Å². The van der Waals surface area contributed by atoms with E-state index in [0.717, 1.165) is 5.56 Å². The summed E-state index contributed by atoms with van der Waals surface area (Å²) in [6.45, 7) is 5.20. The summed E-state index contributed by atoms with van der Waals surface area (Å²) in [5.74, 6) is 1.79. The molecule has 34 heavy (non-hydrogen) atoms. The summed E-state index contributed by atoms with van der Waals surface area (Å²) in [6, 6.07) is 15.7. The van der Waals surface area contributed by atoms with Crippen molar-refractivity contribution in [3.05, 3.63) is 66.4 Å². The summed E-state index contributed by atoms with van der Waals surface area (Å²) >= 11 is 0. The van der Waals surface area contributed by atoms with Crippen LogP contribution >= 0.6 is 0 Å². The highest BCUT2D eigenvalue weighted by Crippen LogP contribution is 2.27. The van der Waals surface area contributed by atoms with E-state index < -0.39 is 11.6 Å². The van der Waals surface area contributed by atoms with Gasteiger partial charge in [0, 0.05) is 30.1 Å². The number of carbonyl (C=O) groups is 1. The molecule has 0 saturated heterocycles. The summed E-state index contributed by atoms with van der Waals surface area (Å²) in [6.07, 6.45) is 1.52. The van der Waals surface area contributed by atoms with E-state index in [4.69, 9.17) is 9.47 Å². The molecule has 0 aliphatic heterocycles. The molecule has 0 radical (unpaired) electrons. The summed E-state index contributed by atoms with van der Waals surface area (Å²) in [5.41, 5.74) is 0.732. The zero-order valence-corrected chi connectivity index (χ0v) is 19.9. The largest absolute Gasteiger partial charge is 0.497 e. The third kappa shape index (κ3) is 6.08. The van der Waals surface area contributed by atoms with Crippen LogP contribution in [0.4, 0.5) is 22.2 Å². The Bertz CT molecular complexity index is 1160. The number of hydrogen-bond acceptors (Lipinski definition) is 7. The smallest absolute Gasteiger partial charge is 0.327 e. The van der Waals surface area contributed by atoms with Crippen molar-refractivity contribution in [3.8, 4) is 11.5 Å². The van der Waals surface area contributed by atoms with E-state index in [0.29, 0.717) is 28.7 Å². The fraction of sp³-hybridized carbons (Fsp3) is 0.280. The molecule has 3 rings (SSSR count). The van der Waals surface area contributed by atoms with Crippen LogP contribution in [0.25, 0.3) is 0 Å². The minimum absolute atomic E-state index is 0.133. The summed E-state index contributed by atoms with van der Waals surface area (Å²) in [5, 5.41) is 13.1. The predicted octanol–water partition coefficient (Wildman–Crippen LogP) is 4.41. The van der Waals surface area contributed by atoms with Crippen LogP contribution in [0, 0.1) is 0 Å². The van der Waals surface area contributed by atoms with Crippen LogP contribution in [0.1, 0.15) is 26.3 Å². The molecule has 2 amide bonds. The highest BCUT2D eigenvalue weighted by atomic mass is 16.5. The standard InChI is InChI=1S/C25H29N5O4/c1-17(25(2,3)32)28-23-26-15-14-22(29-23)30(19-10-12-20(33-4)13-11-19)24(31)27-16-18-8-6-7-9-21(18)34-5/h6-15,32H,16H2,1-5H3,(H,27,31). The number of aliphatic hydroxyl groups is 1. The van der Waals surface area contributed by atoms with E-state index >= 15 is 0 Å². The second-order valence-electron chi connectivity index (χ2n) is 7.98. The molecule has 0 bridgehead atoms. The normalized spacial score (nSPS) is 11.6. The number of nitrogens with zero attached hydrogens (tertiary/aromatic N) is 4. The van der Waals surface area contributed by atoms with Crippen molar-refractivity contribution in [1.82, 2.24) is 15.3 Å². The van der Waals surface area contributed by atoms with Crippen molar-refractivity contribution >= 4 is 29.2 Å². The Morgan fingerprint density at radius 3 is 2.44 bits per heavy atom. The third-order valence-electron chi connectivity index (χ3n) is 5.17. The van der Waals surface area contributed by atoms with Gasteiger partial charge < -0.3 is 19.9 Å². The molecule has 0 spiro atoms. The van der Waals surface area contributed by atoms with Crippen molar-refractivity contribution in [3.63, 3.8) is 0 Å². The van der Waals surface area contributed by atoms with Crippen LogP contribution in [0.15, 0.2) is 65.8 Å². The number of anilines is 2. The number of carbonyl (C=O) groups excluding carboxylic acids is 1. The van der Waals surface area contributed by atoms with Crippen molar-refractivity contribution in [2.75, 3.05) is 19.1 Å². The van der Waals surface area contributed by atoms with Gasteiger partial charge in [0.2, 0.25) is 0 Å². The first-order valence-corrected chi connectivity index (χ1v) is 10.7. The lowest BCUT2D eigenvalue weighted by Crippen LogP contribution is -2.37. The molecule has 0 unspecified atom stereocenters. The number of aromatic nitrogens is 2. The van der Waals surface area contributed by atoms with E-state index in [1.807, 2.05) is 24.3 Å². The molecule has 178 valence electrons. The number of ether oxygens (including phenoxy) is 2. The molecule has 0 fully saturated rings. The van der Waals surface area contributed by atoms with Gasteiger partial charge in [0.25, 0.3) is 5.95 Å². The van der Waals surface area contributed by atoms with Crippen LogP contribution in [0.2, 0.25) is 0 Å². The van der Waals surface area contributed by atoms with Crippen molar-refractivity contribution in [2.45, 2.75) is 32.9 Å². The first-order valence-electron chi connectivity index (χ1n) is 10.7. The molecular formula is C25H29N5O4. The molecule has 2 aromatic carbocycles. The highest BCUT2D eigenvalue weighted by Gasteiger charge is 2.22. The number of urea groups is 1. The highest BCUT2D eigenvalue weighted by molar-refractivity contribution is 5.98. The number of methoxy groups -OCH3 is 2. The minimum Gasteiger partial charge on any atom is -0.497 e. The number of aliphatic imine (C=N–C) groups is 1. The van der Waals surface area contributed by atoms with E-state index in [1.165, 1.54) is 11.1 Å². The molecule has 0 saturated carbocycles. The summed E-state index contributed by atoms with van der Waals surface area (Å²) in [7, 11) is 3.16. The van der Waals surface area contributed by atoms with Gasteiger partial charge in [0.15, 0.2) is 0 Å². The number of nitrogens with one attached hydrogen (secondary N) is 1. The Kier molecular flexibility index (Phi) is 7.80. The van der Waals surface area contributed by atoms with Gasteiger partial charge in [-0.05, 0) is 51.1 Å². The number of amides is 2. The average Bonchev–Trinajstić information content (AvgIpc) is 2.83. The zero-order chi connectivity index (χ0) is 24.7. The van der Waals surface area contributed by atoms with E-state index in [-0.39, 0.29) is 12.5 Å². The molecule has 9 heteroatoms. The first kappa shape index (κ1) is 24.7. The molecule has 2 N–H and O–H groups in total. The van der Waals surface area contributed by atoms with Gasteiger partial charge in [-0.25, -0.2) is 19.7 Å². The SMILES string of the molecule is COc1ccc(N(C(=O)NCc2ccccc2OC)c2ccnc(N=C(C)C(C)(C)O)n2)cc1. The lowest BCUT2D eigenvalue weighted by Gasteiger charge is -2.23. The maximum atomic E-state index is 13.4. The lowest BCUT2D eigenvalue weighted by molar-refractivity contribution is 0.153. The molecule has 9 nitrogen and oxygen atoms in total. The topological polar surface area (TPSA) is 109 Å². The number of benzene rings is 2. The van der Waals surface area contributed by atoms with Gasteiger partial charge in [-0.2, -0.15) is 4.98 Å². The Morgan fingerprint density at radius 2 is 1.79 bits per heavy atom.